The molecule has 17 heavy (non-hydrogen) atoms. The zero-order chi connectivity index (χ0) is 11.8. The molecule has 5 heteroatoms. The van der Waals surface area contributed by atoms with Gasteiger partial charge in [-0.15, -0.1) is 11.3 Å². The van der Waals surface area contributed by atoms with Crippen LogP contribution >= 0.6 is 27.3 Å². The van der Waals surface area contributed by atoms with E-state index in [2.05, 4.69) is 25.7 Å². The van der Waals surface area contributed by atoms with Gasteiger partial charge < -0.3 is 9.80 Å². The van der Waals surface area contributed by atoms with Crippen molar-refractivity contribution < 1.29 is 4.79 Å². The topological polar surface area (TPSA) is 23.6 Å². The summed E-state index contributed by atoms with van der Waals surface area (Å²) in [5.74, 6) is 0.209. The Hall–Kier alpha value is -0.390. The van der Waals surface area contributed by atoms with Gasteiger partial charge in [-0.2, -0.15) is 0 Å². The minimum absolute atomic E-state index is 0.209. The number of carbonyl (C=O) groups excluding carboxylic acids is 1. The van der Waals surface area contributed by atoms with E-state index in [1.807, 2.05) is 11.4 Å². The molecule has 3 fully saturated rings. The van der Waals surface area contributed by atoms with Crippen LogP contribution in [0, 0.1) is 0 Å². The molecule has 0 spiro atoms. The molecule has 3 nitrogen and oxygen atoms in total. The molecular weight excluding hydrogens is 300 g/mol. The summed E-state index contributed by atoms with van der Waals surface area (Å²) in [7, 11) is 0. The van der Waals surface area contributed by atoms with E-state index >= 15 is 0 Å². The van der Waals surface area contributed by atoms with Crippen molar-refractivity contribution in [3.05, 3.63) is 20.8 Å². The molecular formula is C12H15BrN2OS. The van der Waals surface area contributed by atoms with Crippen molar-refractivity contribution in [1.82, 2.24) is 9.80 Å². The molecule has 0 aliphatic carbocycles. The molecule has 0 saturated carbocycles. The van der Waals surface area contributed by atoms with Crippen molar-refractivity contribution >= 4 is 33.2 Å². The first kappa shape index (κ1) is 11.7. The monoisotopic (exact) mass is 314 g/mol. The molecule has 0 aromatic carbocycles. The summed E-state index contributed by atoms with van der Waals surface area (Å²) in [5.41, 5.74) is 0.835. The van der Waals surface area contributed by atoms with Crippen molar-refractivity contribution in [2.24, 2.45) is 0 Å². The number of halogens is 1. The highest BCUT2D eigenvalue weighted by atomic mass is 79.9. The van der Waals surface area contributed by atoms with Gasteiger partial charge in [0, 0.05) is 37.6 Å². The normalized spacial score (nSPS) is 28.2. The average molecular weight is 315 g/mol. The Bertz CT molecular complexity index is 426. The first-order chi connectivity index (χ1) is 8.24. The van der Waals surface area contributed by atoms with Crippen LogP contribution in [-0.2, 0) is 0 Å². The van der Waals surface area contributed by atoms with Crippen LogP contribution in [0.5, 0.6) is 0 Å². The van der Waals surface area contributed by atoms with Gasteiger partial charge in [-0.1, -0.05) is 0 Å². The fraction of sp³-hybridized carbons (Fsp3) is 0.583. The highest BCUT2D eigenvalue weighted by Gasteiger charge is 2.32. The number of amides is 1. The fourth-order valence-electron chi connectivity index (χ4n) is 2.74. The molecule has 1 aromatic heterocycles. The summed E-state index contributed by atoms with van der Waals surface area (Å²) in [6, 6.07) is 2.39. The summed E-state index contributed by atoms with van der Waals surface area (Å²) in [5, 5.41) is 1.95. The number of nitrogens with zero attached hydrogens (tertiary/aromatic N) is 2. The predicted molar refractivity (Wildman–Crippen MR) is 72.5 cm³/mol. The molecule has 1 aromatic rings. The van der Waals surface area contributed by atoms with Gasteiger partial charge in [0.05, 0.1) is 9.35 Å². The maximum atomic E-state index is 12.4. The lowest BCUT2D eigenvalue weighted by Gasteiger charge is -2.31. The van der Waals surface area contributed by atoms with E-state index < -0.39 is 0 Å². The van der Waals surface area contributed by atoms with Crippen molar-refractivity contribution in [3.63, 3.8) is 0 Å². The predicted octanol–water partition coefficient (Wildman–Crippen LogP) is 2.43. The van der Waals surface area contributed by atoms with Crippen molar-refractivity contribution in [1.29, 1.82) is 0 Å². The average Bonchev–Trinajstić information content (AvgIpc) is 2.58. The van der Waals surface area contributed by atoms with E-state index in [0.29, 0.717) is 6.04 Å². The number of carbonyl (C=O) groups is 1. The second-order valence-electron chi connectivity index (χ2n) is 4.71. The Morgan fingerprint density at radius 1 is 1.29 bits per heavy atom. The quantitative estimate of drug-likeness (QED) is 0.795. The maximum absolute atomic E-state index is 12.4. The number of thiophene rings is 1. The van der Waals surface area contributed by atoms with E-state index in [-0.39, 0.29) is 5.91 Å². The Morgan fingerprint density at radius 2 is 2.06 bits per heavy atom. The third-order valence-electron chi connectivity index (χ3n) is 3.73. The molecule has 0 radical (unpaired) electrons. The Morgan fingerprint density at radius 3 is 2.71 bits per heavy atom. The van der Waals surface area contributed by atoms with Crippen LogP contribution in [0.25, 0.3) is 0 Å². The Balaban J connectivity index is 1.81. The van der Waals surface area contributed by atoms with Crippen molar-refractivity contribution in [2.45, 2.75) is 18.9 Å². The van der Waals surface area contributed by atoms with Crippen LogP contribution < -0.4 is 0 Å². The highest BCUT2D eigenvalue weighted by Crippen LogP contribution is 2.26. The van der Waals surface area contributed by atoms with Crippen LogP contribution in [0.4, 0.5) is 0 Å². The van der Waals surface area contributed by atoms with Crippen LogP contribution in [0.3, 0.4) is 0 Å². The smallest absolute Gasteiger partial charge is 0.255 e. The third-order valence-corrected chi connectivity index (χ3v) is 5.23. The molecule has 4 heterocycles. The summed E-state index contributed by atoms with van der Waals surface area (Å²) in [6.07, 6.45) is 2.27. The van der Waals surface area contributed by atoms with E-state index in [9.17, 15) is 4.79 Å². The molecule has 0 atom stereocenters. The van der Waals surface area contributed by atoms with Crippen LogP contribution in [0.15, 0.2) is 15.2 Å². The molecule has 0 unspecified atom stereocenters. The summed E-state index contributed by atoms with van der Waals surface area (Å²) in [4.78, 5) is 17.0. The van der Waals surface area contributed by atoms with Gasteiger partial charge in [0.15, 0.2) is 0 Å². The van der Waals surface area contributed by atoms with Crippen LogP contribution in [0.2, 0.25) is 0 Å². The Labute approximate surface area is 114 Å². The minimum atomic E-state index is 0.209. The molecule has 4 rings (SSSR count). The van der Waals surface area contributed by atoms with Gasteiger partial charge in [0.2, 0.25) is 0 Å². The lowest BCUT2D eigenvalue weighted by molar-refractivity contribution is 0.0685. The SMILES string of the molecule is O=C(c1csc(Br)c1)N1CCN2CCC1CC2. The molecule has 0 N–H and O–H groups in total. The zero-order valence-electron chi connectivity index (χ0n) is 9.56. The minimum Gasteiger partial charge on any atom is -0.334 e. The molecule has 3 aliphatic heterocycles. The molecule has 3 aliphatic rings. The molecule has 3 saturated heterocycles. The van der Waals surface area contributed by atoms with E-state index in [0.717, 1.165) is 48.4 Å². The van der Waals surface area contributed by atoms with Crippen molar-refractivity contribution in [2.75, 3.05) is 26.2 Å². The number of hydrogen-bond acceptors (Lipinski definition) is 3. The lowest BCUT2D eigenvalue weighted by atomic mass is 10.0. The lowest BCUT2D eigenvalue weighted by Crippen LogP contribution is -2.41. The van der Waals surface area contributed by atoms with E-state index in [4.69, 9.17) is 0 Å². The second kappa shape index (κ2) is 4.71. The van der Waals surface area contributed by atoms with Gasteiger partial charge >= 0.3 is 0 Å². The van der Waals surface area contributed by atoms with Crippen LogP contribution in [-0.4, -0.2) is 47.9 Å². The standard InChI is InChI=1S/C12H15BrN2OS/c13-11-7-9(8-17-11)12(16)15-6-5-14-3-1-10(15)2-4-14/h7-8,10H,1-6H2. The highest BCUT2D eigenvalue weighted by molar-refractivity contribution is 9.11. The first-order valence-electron chi connectivity index (χ1n) is 6.01. The number of rotatable bonds is 1. The van der Waals surface area contributed by atoms with Gasteiger partial charge in [-0.05, 0) is 34.8 Å². The number of piperidine rings is 1. The van der Waals surface area contributed by atoms with Gasteiger partial charge in [-0.25, -0.2) is 0 Å². The summed E-state index contributed by atoms with van der Waals surface area (Å²) in [6.45, 7) is 4.23. The van der Waals surface area contributed by atoms with E-state index in [1.54, 1.807) is 11.3 Å². The first-order valence-corrected chi connectivity index (χ1v) is 7.68. The number of fused-ring (bicyclic) bond motifs is 4. The second-order valence-corrected chi connectivity index (χ2v) is 7.00. The zero-order valence-corrected chi connectivity index (χ0v) is 12.0. The number of hydrogen-bond donors (Lipinski definition) is 0. The summed E-state index contributed by atoms with van der Waals surface area (Å²) >= 11 is 5.00. The Kier molecular flexibility index (Phi) is 3.23. The molecule has 2 bridgehead atoms. The van der Waals surface area contributed by atoms with Gasteiger partial charge in [0.1, 0.15) is 0 Å². The maximum Gasteiger partial charge on any atom is 0.255 e. The van der Waals surface area contributed by atoms with Crippen molar-refractivity contribution in [3.8, 4) is 0 Å². The molecule has 1 amide bonds. The largest absolute Gasteiger partial charge is 0.334 e. The van der Waals surface area contributed by atoms with Gasteiger partial charge in [0.25, 0.3) is 5.91 Å². The molecule has 92 valence electrons. The third kappa shape index (κ3) is 2.28. The van der Waals surface area contributed by atoms with E-state index in [1.165, 1.54) is 0 Å². The van der Waals surface area contributed by atoms with Crippen LogP contribution in [0.1, 0.15) is 23.2 Å². The van der Waals surface area contributed by atoms with Gasteiger partial charge in [-0.3, -0.25) is 4.79 Å². The summed E-state index contributed by atoms with van der Waals surface area (Å²) < 4.78 is 1.03. The fourth-order valence-corrected chi connectivity index (χ4v) is 3.87.